The van der Waals surface area contributed by atoms with Gasteiger partial charge in [0.2, 0.25) is 0 Å². The molecule has 0 aromatic carbocycles. The quantitative estimate of drug-likeness (QED) is 0.562. The molecule has 0 aliphatic heterocycles. The van der Waals surface area contributed by atoms with Gasteiger partial charge in [-0.05, 0) is 37.9 Å². The highest BCUT2D eigenvalue weighted by Crippen LogP contribution is 2.15. The first kappa shape index (κ1) is 15.4. The summed E-state index contributed by atoms with van der Waals surface area (Å²) in [7, 11) is 1.82. The molecule has 18 heavy (non-hydrogen) atoms. The van der Waals surface area contributed by atoms with E-state index in [0.717, 1.165) is 12.8 Å². The van der Waals surface area contributed by atoms with Crippen LogP contribution >= 0.6 is 12.2 Å². The van der Waals surface area contributed by atoms with Crippen molar-refractivity contribution in [3.05, 3.63) is 0 Å². The van der Waals surface area contributed by atoms with Crippen LogP contribution < -0.4 is 10.7 Å². The standard InChI is InChI=1S/C14H27N3S/c1-15-14(18)17-16-13-11-9-7-5-3-2-4-6-8-10-12-13/h2-12H2,1H3,(H2,15,17,18). The van der Waals surface area contributed by atoms with Gasteiger partial charge in [0.15, 0.2) is 5.11 Å². The fraction of sp³-hybridized carbons (Fsp3) is 0.857. The first-order chi connectivity index (χ1) is 8.83. The zero-order chi connectivity index (χ0) is 13.1. The van der Waals surface area contributed by atoms with Crippen LogP contribution in [0.2, 0.25) is 0 Å². The summed E-state index contributed by atoms with van der Waals surface area (Å²) in [5.41, 5.74) is 4.21. The van der Waals surface area contributed by atoms with Crippen molar-refractivity contribution in [1.29, 1.82) is 0 Å². The number of rotatable bonds is 1. The molecular formula is C14H27N3S. The summed E-state index contributed by atoms with van der Waals surface area (Å²) >= 11 is 5.04. The average Bonchev–Trinajstić information content (AvgIpc) is 2.37. The Morgan fingerprint density at radius 3 is 1.78 bits per heavy atom. The molecule has 1 rings (SSSR count). The lowest BCUT2D eigenvalue weighted by Gasteiger charge is -2.10. The van der Waals surface area contributed by atoms with Crippen LogP contribution in [-0.2, 0) is 0 Å². The average molecular weight is 269 g/mol. The van der Waals surface area contributed by atoms with Crippen molar-refractivity contribution in [1.82, 2.24) is 10.7 Å². The van der Waals surface area contributed by atoms with Crippen LogP contribution in [0.25, 0.3) is 0 Å². The van der Waals surface area contributed by atoms with Gasteiger partial charge < -0.3 is 5.32 Å². The Balaban J connectivity index is 2.38. The van der Waals surface area contributed by atoms with Gasteiger partial charge in [0, 0.05) is 12.8 Å². The van der Waals surface area contributed by atoms with Crippen molar-refractivity contribution >= 4 is 23.0 Å². The fourth-order valence-electron chi connectivity index (χ4n) is 2.32. The van der Waals surface area contributed by atoms with Crippen molar-refractivity contribution in [2.45, 2.75) is 70.6 Å². The van der Waals surface area contributed by atoms with Gasteiger partial charge in [-0.1, -0.05) is 44.9 Å². The van der Waals surface area contributed by atoms with E-state index in [9.17, 15) is 0 Å². The van der Waals surface area contributed by atoms with Gasteiger partial charge in [0.05, 0.1) is 0 Å². The molecule has 0 aromatic rings. The third-order valence-corrected chi connectivity index (χ3v) is 3.77. The second kappa shape index (κ2) is 10.3. The summed E-state index contributed by atoms with van der Waals surface area (Å²) in [6.07, 6.45) is 14.5. The number of hydrogen-bond acceptors (Lipinski definition) is 2. The monoisotopic (exact) mass is 269 g/mol. The molecule has 104 valence electrons. The molecule has 0 saturated heterocycles. The molecule has 0 atom stereocenters. The van der Waals surface area contributed by atoms with Crippen LogP contribution in [0.3, 0.4) is 0 Å². The van der Waals surface area contributed by atoms with Crippen LogP contribution in [0.5, 0.6) is 0 Å². The zero-order valence-electron chi connectivity index (χ0n) is 11.6. The van der Waals surface area contributed by atoms with Gasteiger partial charge >= 0.3 is 0 Å². The zero-order valence-corrected chi connectivity index (χ0v) is 12.5. The second-order valence-electron chi connectivity index (χ2n) is 5.05. The minimum atomic E-state index is 0.605. The highest BCUT2D eigenvalue weighted by Gasteiger charge is 2.03. The lowest BCUT2D eigenvalue weighted by atomic mass is 10.00. The molecule has 0 unspecified atom stereocenters. The Morgan fingerprint density at radius 1 is 0.889 bits per heavy atom. The molecule has 1 aliphatic carbocycles. The van der Waals surface area contributed by atoms with Crippen molar-refractivity contribution in [2.24, 2.45) is 5.10 Å². The summed E-state index contributed by atoms with van der Waals surface area (Å²) in [6.45, 7) is 0. The van der Waals surface area contributed by atoms with E-state index in [1.54, 1.807) is 0 Å². The number of nitrogens with one attached hydrogen (secondary N) is 2. The van der Waals surface area contributed by atoms with E-state index in [1.807, 2.05) is 7.05 Å². The third kappa shape index (κ3) is 7.64. The Labute approximate surface area is 117 Å². The Bertz CT molecular complexity index is 250. The maximum Gasteiger partial charge on any atom is 0.186 e. The fourth-order valence-corrected chi connectivity index (χ4v) is 2.36. The molecule has 0 bridgehead atoms. The minimum Gasteiger partial charge on any atom is -0.364 e. The first-order valence-corrected chi connectivity index (χ1v) is 7.77. The van der Waals surface area contributed by atoms with Gasteiger partial charge in [-0.3, -0.25) is 5.43 Å². The van der Waals surface area contributed by atoms with Gasteiger partial charge in [0.1, 0.15) is 0 Å². The number of nitrogens with zero attached hydrogens (tertiary/aromatic N) is 1. The van der Waals surface area contributed by atoms with E-state index in [-0.39, 0.29) is 0 Å². The highest BCUT2D eigenvalue weighted by molar-refractivity contribution is 7.80. The molecule has 0 amide bonds. The molecule has 2 N–H and O–H groups in total. The maximum atomic E-state index is 5.04. The third-order valence-electron chi connectivity index (χ3n) is 3.47. The van der Waals surface area contributed by atoms with Gasteiger partial charge in [-0.2, -0.15) is 5.10 Å². The van der Waals surface area contributed by atoms with Crippen molar-refractivity contribution in [2.75, 3.05) is 7.05 Å². The molecule has 0 heterocycles. The molecule has 3 nitrogen and oxygen atoms in total. The predicted octanol–water partition coefficient (Wildman–Crippen LogP) is 3.74. The lowest BCUT2D eigenvalue weighted by molar-refractivity contribution is 0.555. The van der Waals surface area contributed by atoms with Crippen molar-refractivity contribution < 1.29 is 0 Å². The van der Waals surface area contributed by atoms with E-state index >= 15 is 0 Å². The first-order valence-electron chi connectivity index (χ1n) is 7.36. The molecular weight excluding hydrogens is 242 g/mol. The summed E-state index contributed by atoms with van der Waals surface area (Å²) in [4.78, 5) is 0. The largest absolute Gasteiger partial charge is 0.364 e. The molecule has 0 radical (unpaired) electrons. The molecule has 1 fully saturated rings. The predicted molar refractivity (Wildman–Crippen MR) is 83.0 cm³/mol. The topological polar surface area (TPSA) is 36.4 Å². The van der Waals surface area contributed by atoms with E-state index in [0.29, 0.717) is 5.11 Å². The van der Waals surface area contributed by atoms with Crippen LogP contribution in [0.15, 0.2) is 5.10 Å². The number of hydrazone groups is 1. The highest BCUT2D eigenvalue weighted by atomic mass is 32.1. The lowest BCUT2D eigenvalue weighted by Crippen LogP contribution is -2.29. The number of hydrogen-bond donors (Lipinski definition) is 2. The summed E-state index contributed by atoms with van der Waals surface area (Å²) < 4.78 is 0. The second-order valence-corrected chi connectivity index (χ2v) is 5.46. The van der Waals surface area contributed by atoms with E-state index in [1.165, 1.54) is 63.5 Å². The summed E-state index contributed by atoms with van der Waals surface area (Å²) in [5, 5.41) is 7.94. The molecule has 1 aliphatic rings. The summed E-state index contributed by atoms with van der Waals surface area (Å²) in [6, 6.07) is 0. The number of thiocarbonyl (C=S) groups is 1. The molecule has 0 aromatic heterocycles. The molecule has 1 saturated carbocycles. The van der Waals surface area contributed by atoms with E-state index < -0.39 is 0 Å². The Kier molecular flexibility index (Phi) is 8.82. The Morgan fingerprint density at radius 2 is 1.33 bits per heavy atom. The molecule has 0 spiro atoms. The van der Waals surface area contributed by atoms with Gasteiger partial charge in [-0.15, -0.1) is 0 Å². The molecule has 4 heteroatoms. The van der Waals surface area contributed by atoms with Crippen LogP contribution in [-0.4, -0.2) is 17.9 Å². The van der Waals surface area contributed by atoms with Crippen molar-refractivity contribution in [3.63, 3.8) is 0 Å². The minimum absolute atomic E-state index is 0.605. The van der Waals surface area contributed by atoms with Gasteiger partial charge in [0.25, 0.3) is 0 Å². The van der Waals surface area contributed by atoms with Crippen LogP contribution in [0.4, 0.5) is 0 Å². The summed E-state index contributed by atoms with van der Waals surface area (Å²) in [5.74, 6) is 0. The van der Waals surface area contributed by atoms with E-state index in [2.05, 4.69) is 15.8 Å². The normalized spacial score (nSPS) is 19.3. The van der Waals surface area contributed by atoms with Gasteiger partial charge in [-0.25, -0.2) is 0 Å². The Hall–Kier alpha value is -0.640. The maximum absolute atomic E-state index is 5.04. The van der Waals surface area contributed by atoms with Crippen LogP contribution in [0.1, 0.15) is 70.6 Å². The van der Waals surface area contributed by atoms with E-state index in [4.69, 9.17) is 12.2 Å². The smallest absolute Gasteiger partial charge is 0.186 e. The van der Waals surface area contributed by atoms with Crippen molar-refractivity contribution in [3.8, 4) is 0 Å². The van der Waals surface area contributed by atoms with Crippen LogP contribution in [0, 0.1) is 0 Å². The SMILES string of the molecule is CNC(=S)NN=C1CCCCCCCCCCC1.